The lowest BCUT2D eigenvalue weighted by Crippen LogP contribution is -1.96. The van der Waals surface area contributed by atoms with Crippen molar-refractivity contribution in [3.63, 3.8) is 0 Å². The lowest BCUT2D eigenvalue weighted by atomic mass is 10.2. The number of aromatic nitrogens is 5. The Kier molecular flexibility index (Phi) is 5.13. The number of benzene rings is 1. The third-order valence-electron chi connectivity index (χ3n) is 3.76. The van der Waals surface area contributed by atoms with E-state index in [-0.39, 0.29) is 0 Å². The minimum Gasteiger partial charge on any atom is -0.411 e. The second-order valence-electron chi connectivity index (χ2n) is 5.57. The van der Waals surface area contributed by atoms with Gasteiger partial charge in [-0.1, -0.05) is 30.7 Å². The van der Waals surface area contributed by atoms with Crippen LogP contribution in [0.2, 0.25) is 5.02 Å². The average molecular weight is 396 g/mol. The van der Waals surface area contributed by atoms with E-state index in [0.717, 1.165) is 22.7 Å². The molecule has 0 amide bonds. The summed E-state index contributed by atoms with van der Waals surface area (Å²) in [5.41, 5.74) is 2.54. The van der Waals surface area contributed by atoms with E-state index in [1.807, 2.05) is 36.4 Å². The van der Waals surface area contributed by atoms with E-state index < -0.39 is 0 Å². The van der Waals surface area contributed by atoms with Gasteiger partial charge in [0.2, 0.25) is 5.89 Å². The summed E-state index contributed by atoms with van der Waals surface area (Å²) in [6.07, 6.45) is 4.24. The van der Waals surface area contributed by atoms with Gasteiger partial charge in [0.25, 0.3) is 5.22 Å². The quantitative estimate of drug-likeness (QED) is 0.442. The molecule has 0 bridgehead atoms. The van der Waals surface area contributed by atoms with E-state index in [0.29, 0.717) is 27.5 Å². The Balaban J connectivity index is 1.64. The molecule has 0 saturated heterocycles. The van der Waals surface area contributed by atoms with Crippen molar-refractivity contribution in [2.75, 3.05) is 0 Å². The Morgan fingerprint density at radius 3 is 2.63 bits per heavy atom. The molecule has 0 N–H and O–H groups in total. The molecule has 8 heteroatoms. The number of pyridine rings is 1. The SMILES string of the molecule is CCc1cc(Sc2nnc(-c3ccccc3Cl)o2)nc(-c2ccncc2)n1. The Hall–Kier alpha value is -2.77. The maximum Gasteiger partial charge on any atom is 0.283 e. The number of nitrogens with zero attached hydrogens (tertiary/aromatic N) is 5. The highest BCUT2D eigenvalue weighted by molar-refractivity contribution is 7.99. The van der Waals surface area contributed by atoms with Crippen LogP contribution >= 0.6 is 23.4 Å². The Labute approximate surface area is 165 Å². The van der Waals surface area contributed by atoms with E-state index in [9.17, 15) is 0 Å². The molecule has 1 aromatic carbocycles. The summed E-state index contributed by atoms with van der Waals surface area (Å²) >= 11 is 7.49. The second kappa shape index (κ2) is 7.85. The summed E-state index contributed by atoms with van der Waals surface area (Å²) in [6.45, 7) is 2.05. The fourth-order valence-electron chi connectivity index (χ4n) is 2.42. The van der Waals surface area contributed by atoms with Crippen LogP contribution in [-0.4, -0.2) is 25.1 Å². The molecule has 3 heterocycles. The molecule has 3 aromatic heterocycles. The molecule has 0 saturated carbocycles. The minimum atomic E-state index is 0.377. The first-order valence-electron chi connectivity index (χ1n) is 8.27. The first-order chi connectivity index (χ1) is 13.2. The molecule has 0 fully saturated rings. The summed E-state index contributed by atoms with van der Waals surface area (Å²) in [5.74, 6) is 1.02. The van der Waals surface area contributed by atoms with Crippen LogP contribution in [0.1, 0.15) is 12.6 Å². The normalized spacial score (nSPS) is 10.9. The maximum atomic E-state index is 6.20. The highest BCUT2D eigenvalue weighted by atomic mass is 35.5. The lowest BCUT2D eigenvalue weighted by molar-refractivity contribution is 0.465. The zero-order valence-corrected chi connectivity index (χ0v) is 15.9. The number of rotatable bonds is 5. The molecule has 0 unspecified atom stereocenters. The second-order valence-corrected chi connectivity index (χ2v) is 6.94. The smallest absolute Gasteiger partial charge is 0.283 e. The van der Waals surface area contributed by atoms with Gasteiger partial charge in [-0.25, -0.2) is 9.97 Å². The van der Waals surface area contributed by atoms with Crippen LogP contribution in [0.15, 0.2) is 69.5 Å². The van der Waals surface area contributed by atoms with E-state index in [2.05, 4.69) is 32.1 Å². The monoisotopic (exact) mass is 395 g/mol. The minimum absolute atomic E-state index is 0.377. The van der Waals surface area contributed by atoms with Gasteiger partial charge in [-0.05, 0) is 48.5 Å². The van der Waals surface area contributed by atoms with Crippen molar-refractivity contribution in [1.82, 2.24) is 25.1 Å². The van der Waals surface area contributed by atoms with Crippen molar-refractivity contribution in [3.8, 4) is 22.8 Å². The largest absolute Gasteiger partial charge is 0.411 e. The third kappa shape index (κ3) is 3.99. The zero-order chi connectivity index (χ0) is 18.6. The fourth-order valence-corrected chi connectivity index (χ4v) is 3.34. The molecular weight excluding hydrogens is 382 g/mol. The zero-order valence-electron chi connectivity index (χ0n) is 14.3. The first kappa shape index (κ1) is 17.6. The highest BCUT2D eigenvalue weighted by Crippen LogP contribution is 2.32. The molecule has 0 aliphatic heterocycles. The van der Waals surface area contributed by atoms with Crippen molar-refractivity contribution in [1.29, 1.82) is 0 Å². The van der Waals surface area contributed by atoms with E-state index in [4.69, 9.17) is 16.0 Å². The molecule has 0 radical (unpaired) electrons. The molecule has 6 nitrogen and oxygen atoms in total. The van der Waals surface area contributed by atoms with Crippen LogP contribution in [0.3, 0.4) is 0 Å². The van der Waals surface area contributed by atoms with Crippen molar-refractivity contribution >= 4 is 23.4 Å². The van der Waals surface area contributed by atoms with Gasteiger partial charge in [-0.2, -0.15) is 0 Å². The molecule has 0 aliphatic rings. The van der Waals surface area contributed by atoms with Gasteiger partial charge in [0.15, 0.2) is 5.82 Å². The van der Waals surface area contributed by atoms with Crippen LogP contribution in [0.4, 0.5) is 0 Å². The summed E-state index contributed by atoms with van der Waals surface area (Å²) in [5, 5.41) is 9.89. The van der Waals surface area contributed by atoms with E-state index in [1.54, 1.807) is 18.5 Å². The van der Waals surface area contributed by atoms with Crippen LogP contribution < -0.4 is 0 Å². The van der Waals surface area contributed by atoms with Gasteiger partial charge >= 0.3 is 0 Å². The van der Waals surface area contributed by atoms with Crippen LogP contribution in [-0.2, 0) is 6.42 Å². The van der Waals surface area contributed by atoms with Crippen molar-refractivity contribution in [2.24, 2.45) is 0 Å². The summed E-state index contributed by atoms with van der Waals surface area (Å²) in [4.78, 5) is 13.2. The molecule has 4 aromatic rings. The lowest BCUT2D eigenvalue weighted by Gasteiger charge is -2.05. The topological polar surface area (TPSA) is 77.6 Å². The van der Waals surface area contributed by atoms with E-state index >= 15 is 0 Å². The Morgan fingerprint density at radius 1 is 1.04 bits per heavy atom. The number of aryl methyl sites for hydroxylation is 1. The van der Waals surface area contributed by atoms with Gasteiger partial charge in [0.05, 0.1) is 10.6 Å². The maximum absolute atomic E-state index is 6.20. The third-order valence-corrected chi connectivity index (χ3v) is 4.85. The summed E-state index contributed by atoms with van der Waals surface area (Å²) in [7, 11) is 0. The van der Waals surface area contributed by atoms with Gasteiger partial charge in [0, 0.05) is 23.7 Å². The van der Waals surface area contributed by atoms with Crippen LogP contribution in [0.25, 0.3) is 22.8 Å². The predicted molar refractivity (Wildman–Crippen MR) is 104 cm³/mol. The predicted octanol–water partition coefficient (Wildman–Crippen LogP) is 4.96. The van der Waals surface area contributed by atoms with E-state index in [1.165, 1.54) is 11.8 Å². The summed E-state index contributed by atoms with van der Waals surface area (Å²) in [6, 6.07) is 13.0. The van der Waals surface area contributed by atoms with Gasteiger partial charge in [0.1, 0.15) is 5.03 Å². The van der Waals surface area contributed by atoms with Crippen molar-refractivity contribution < 1.29 is 4.42 Å². The Morgan fingerprint density at radius 2 is 1.85 bits per heavy atom. The first-order valence-corrected chi connectivity index (χ1v) is 9.47. The van der Waals surface area contributed by atoms with Gasteiger partial charge in [-0.15, -0.1) is 10.2 Å². The standard InChI is InChI=1S/C19H14ClN5OS/c1-2-13-11-16(23-17(22-13)12-7-9-21-10-8-12)27-19-25-24-18(26-19)14-5-3-4-6-15(14)20/h3-11H,2H2,1H3. The number of hydrogen-bond donors (Lipinski definition) is 0. The molecule has 0 spiro atoms. The molecular formula is C19H14ClN5OS. The number of hydrogen-bond acceptors (Lipinski definition) is 7. The van der Waals surface area contributed by atoms with Gasteiger partial charge < -0.3 is 4.42 Å². The van der Waals surface area contributed by atoms with Crippen LogP contribution in [0.5, 0.6) is 0 Å². The fraction of sp³-hybridized carbons (Fsp3) is 0.105. The highest BCUT2D eigenvalue weighted by Gasteiger charge is 2.14. The van der Waals surface area contributed by atoms with Gasteiger partial charge in [-0.3, -0.25) is 4.98 Å². The summed E-state index contributed by atoms with van der Waals surface area (Å²) < 4.78 is 5.76. The molecule has 0 atom stereocenters. The molecule has 27 heavy (non-hydrogen) atoms. The average Bonchev–Trinajstić information content (AvgIpc) is 3.17. The molecule has 134 valence electrons. The molecule has 4 rings (SSSR count). The van der Waals surface area contributed by atoms with Crippen molar-refractivity contribution in [2.45, 2.75) is 23.6 Å². The Bertz CT molecular complexity index is 1070. The van der Waals surface area contributed by atoms with Crippen molar-refractivity contribution in [3.05, 3.63) is 65.6 Å². The molecule has 0 aliphatic carbocycles. The number of halogens is 1. The van der Waals surface area contributed by atoms with Crippen LogP contribution in [0, 0.1) is 0 Å².